The summed E-state index contributed by atoms with van der Waals surface area (Å²) in [5, 5.41) is 0. The van der Waals surface area contributed by atoms with E-state index < -0.39 is 0 Å². The summed E-state index contributed by atoms with van der Waals surface area (Å²) >= 11 is 0. The molecule has 4 nitrogen and oxygen atoms in total. The number of carbonyl (C=O) groups excluding carboxylic acids is 2. The van der Waals surface area contributed by atoms with Gasteiger partial charge >= 0.3 is 11.9 Å². The normalized spacial score (nSPS) is 10.8. The summed E-state index contributed by atoms with van der Waals surface area (Å²) in [6, 6.07) is 17.4. The minimum atomic E-state index is -0.316. The molecule has 0 N–H and O–H groups in total. The number of carbonyl (C=O) groups is 2. The first kappa shape index (κ1) is 24.6. The summed E-state index contributed by atoms with van der Waals surface area (Å²) in [5.74, 6) is -0.643. The van der Waals surface area contributed by atoms with Crippen LogP contribution >= 0.6 is 0 Å². The molecule has 0 aromatic heterocycles. The lowest BCUT2D eigenvalue weighted by Gasteiger charge is -2.16. The van der Waals surface area contributed by atoms with E-state index in [-0.39, 0.29) is 31.1 Å². The van der Waals surface area contributed by atoms with Crippen molar-refractivity contribution in [2.24, 2.45) is 5.92 Å². The van der Waals surface area contributed by atoms with E-state index in [0.717, 1.165) is 19.3 Å². The Kier molecular flexibility index (Phi) is 10.8. The number of unbranched alkanes of at least 4 members (excludes halogenated alkanes) is 3. The van der Waals surface area contributed by atoms with Gasteiger partial charge in [0.25, 0.3) is 0 Å². The molecule has 0 atom stereocenters. The van der Waals surface area contributed by atoms with Crippen molar-refractivity contribution < 1.29 is 19.1 Å². The third-order valence-electron chi connectivity index (χ3n) is 5.42. The molecule has 0 aliphatic heterocycles. The van der Waals surface area contributed by atoms with Gasteiger partial charge in [0.15, 0.2) is 0 Å². The third kappa shape index (κ3) is 9.82. The summed E-state index contributed by atoms with van der Waals surface area (Å²) in [6.45, 7) is 5.55. The molecule has 0 bridgehead atoms. The van der Waals surface area contributed by atoms with E-state index in [0.29, 0.717) is 0 Å². The number of hydrogen-bond donors (Lipinski definition) is 0. The number of esters is 2. The first-order valence-electron chi connectivity index (χ1n) is 11.4. The molecule has 4 heteroatoms. The second kappa shape index (κ2) is 13.6. The van der Waals surface area contributed by atoms with Crippen LogP contribution in [-0.2, 0) is 31.9 Å². The van der Waals surface area contributed by atoms with Crippen LogP contribution in [0.25, 0.3) is 11.1 Å². The highest BCUT2D eigenvalue weighted by Crippen LogP contribution is 2.23. The van der Waals surface area contributed by atoms with Gasteiger partial charge in [-0.15, -0.1) is 0 Å². The molecule has 0 heterocycles. The van der Waals surface area contributed by atoms with Crippen molar-refractivity contribution in [3.8, 4) is 11.1 Å². The van der Waals surface area contributed by atoms with E-state index in [9.17, 15) is 9.59 Å². The Morgan fingerprint density at radius 2 is 1.45 bits per heavy atom. The van der Waals surface area contributed by atoms with Gasteiger partial charge in [-0.05, 0) is 47.9 Å². The van der Waals surface area contributed by atoms with Crippen molar-refractivity contribution in [2.45, 2.75) is 65.7 Å². The fraction of sp³-hybridized carbons (Fsp3) is 0.481. The largest absolute Gasteiger partial charge is 0.465 e. The van der Waals surface area contributed by atoms with Gasteiger partial charge in [-0.2, -0.15) is 0 Å². The van der Waals surface area contributed by atoms with Gasteiger partial charge < -0.3 is 9.47 Å². The maximum atomic E-state index is 11.1. The predicted octanol–water partition coefficient (Wildman–Crippen LogP) is 6.15. The number of benzene rings is 2. The zero-order valence-electron chi connectivity index (χ0n) is 19.2. The van der Waals surface area contributed by atoms with E-state index in [2.05, 4.69) is 55.5 Å². The maximum absolute atomic E-state index is 11.1. The van der Waals surface area contributed by atoms with Crippen molar-refractivity contribution in [1.82, 2.24) is 0 Å². The molecule has 0 aliphatic rings. The lowest BCUT2D eigenvalue weighted by molar-refractivity contribution is -0.146. The van der Waals surface area contributed by atoms with Gasteiger partial charge in [-0.3, -0.25) is 9.59 Å². The molecule has 168 valence electrons. The first-order valence-corrected chi connectivity index (χ1v) is 11.4. The third-order valence-corrected chi connectivity index (χ3v) is 5.42. The van der Waals surface area contributed by atoms with Crippen LogP contribution in [0.4, 0.5) is 0 Å². The van der Waals surface area contributed by atoms with Crippen LogP contribution in [0.15, 0.2) is 48.5 Å². The maximum Gasteiger partial charge on any atom is 0.302 e. The minimum Gasteiger partial charge on any atom is -0.465 e. The van der Waals surface area contributed by atoms with Gasteiger partial charge in [0, 0.05) is 19.8 Å². The lowest BCUT2D eigenvalue weighted by Crippen LogP contribution is -2.20. The number of hydrogen-bond acceptors (Lipinski definition) is 4. The van der Waals surface area contributed by atoms with Gasteiger partial charge in [0.05, 0.1) is 13.2 Å². The standard InChI is InChI=1S/C27H36O4/c1-4-5-6-7-9-23-14-16-26(17-15-23)27-11-8-10-24(18-27)12-13-25(19-30-21(2)28)20-31-22(3)29/h8,10-11,14-18,25H,4-7,9,12-13,19-20H2,1-3H3. The van der Waals surface area contributed by atoms with Crippen molar-refractivity contribution in [3.05, 3.63) is 59.7 Å². The zero-order valence-corrected chi connectivity index (χ0v) is 19.2. The fourth-order valence-corrected chi connectivity index (χ4v) is 3.58. The second-order valence-corrected chi connectivity index (χ2v) is 8.22. The van der Waals surface area contributed by atoms with Gasteiger partial charge in [-0.25, -0.2) is 0 Å². The topological polar surface area (TPSA) is 52.6 Å². The van der Waals surface area contributed by atoms with Crippen molar-refractivity contribution in [1.29, 1.82) is 0 Å². The van der Waals surface area contributed by atoms with Gasteiger partial charge in [0.2, 0.25) is 0 Å². The molecule has 0 saturated carbocycles. The summed E-state index contributed by atoms with van der Waals surface area (Å²) in [4.78, 5) is 22.3. The van der Waals surface area contributed by atoms with E-state index in [4.69, 9.17) is 9.47 Å². The van der Waals surface area contributed by atoms with E-state index in [1.54, 1.807) is 0 Å². The summed E-state index contributed by atoms with van der Waals surface area (Å²) in [7, 11) is 0. The fourth-order valence-electron chi connectivity index (χ4n) is 3.58. The molecule has 2 aromatic carbocycles. The first-order chi connectivity index (χ1) is 15.0. The Hall–Kier alpha value is -2.62. The zero-order chi connectivity index (χ0) is 22.5. The highest BCUT2D eigenvalue weighted by Gasteiger charge is 2.13. The average molecular weight is 425 g/mol. The molecule has 0 saturated heterocycles. The molecule has 0 amide bonds. The molecular weight excluding hydrogens is 388 g/mol. The van der Waals surface area contributed by atoms with Crippen LogP contribution in [0.3, 0.4) is 0 Å². The molecule has 0 fully saturated rings. The predicted molar refractivity (Wildman–Crippen MR) is 125 cm³/mol. The van der Waals surface area contributed by atoms with Crippen LogP contribution in [0.5, 0.6) is 0 Å². The molecule has 2 aromatic rings. The molecule has 2 rings (SSSR count). The van der Waals surface area contributed by atoms with Crippen LogP contribution in [0.1, 0.15) is 64.0 Å². The smallest absolute Gasteiger partial charge is 0.302 e. The van der Waals surface area contributed by atoms with E-state index in [1.807, 2.05) is 0 Å². The Labute approximate surface area is 187 Å². The van der Waals surface area contributed by atoms with Crippen LogP contribution in [0, 0.1) is 5.92 Å². The molecule has 0 spiro atoms. The lowest BCUT2D eigenvalue weighted by atomic mass is 9.96. The minimum absolute atomic E-state index is 0.0107. The second-order valence-electron chi connectivity index (χ2n) is 8.22. The van der Waals surface area contributed by atoms with Crippen molar-refractivity contribution >= 4 is 11.9 Å². The van der Waals surface area contributed by atoms with E-state index >= 15 is 0 Å². The Morgan fingerprint density at radius 1 is 0.774 bits per heavy atom. The highest BCUT2D eigenvalue weighted by molar-refractivity contribution is 5.66. The SMILES string of the molecule is CCCCCCc1ccc(-c2cccc(CCC(COC(C)=O)COC(C)=O)c2)cc1. The van der Waals surface area contributed by atoms with E-state index in [1.165, 1.54) is 61.8 Å². The highest BCUT2D eigenvalue weighted by atomic mass is 16.5. The quantitative estimate of drug-likeness (QED) is 0.286. The van der Waals surface area contributed by atoms with Crippen LogP contribution < -0.4 is 0 Å². The van der Waals surface area contributed by atoms with Crippen molar-refractivity contribution in [3.63, 3.8) is 0 Å². The molecule has 0 aliphatic carbocycles. The van der Waals surface area contributed by atoms with Crippen LogP contribution in [-0.4, -0.2) is 25.2 Å². The average Bonchev–Trinajstić information content (AvgIpc) is 2.76. The monoisotopic (exact) mass is 424 g/mol. The van der Waals surface area contributed by atoms with Crippen molar-refractivity contribution in [2.75, 3.05) is 13.2 Å². The number of rotatable bonds is 13. The molecule has 31 heavy (non-hydrogen) atoms. The Bertz CT molecular complexity index is 792. The number of aryl methyl sites for hydroxylation is 2. The Balaban J connectivity index is 1.95. The number of ether oxygens (including phenoxy) is 2. The molecule has 0 radical (unpaired) electrons. The van der Waals surface area contributed by atoms with Crippen LogP contribution in [0.2, 0.25) is 0 Å². The summed E-state index contributed by atoms with van der Waals surface area (Å²) < 4.78 is 10.3. The molecular formula is C27H36O4. The summed E-state index contributed by atoms with van der Waals surface area (Å²) in [6.07, 6.45) is 7.89. The Morgan fingerprint density at radius 3 is 2.06 bits per heavy atom. The molecule has 0 unspecified atom stereocenters. The van der Waals surface area contributed by atoms with Gasteiger partial charge in [0.1, 0.15) is 0 Å². The summed E-state index contributed by atoms with van der Waals surface area (Å²) in [5.41, 5.74) is 5.04. The van der Waals surface area contributed by atoms with Gasteiger partial charge in [-0.1, -0.05) is 74.7 Å².